The van der Waals surface area contributed by atoms with Crippen molar-refractivity contribution < 1.29 is 13.9 Å². The van der Waals surface area contributed by atoms with Crippen molar-refractivity contribution in [3.8, 4) is 0 Å². The Kier molecular flexibility index (Phi) is 3.78. The Hall–Kier alpha value is -2.82. The number of nitrogens with zero attached hydrogens (tertiary/aromatic N) is 1. The van der Waals surface area contributed by atoms with Gasteiger partial charge in [0.2, 0.25) is 0 Å². The van der Waals surface area contributed by atoms with E-state index in [1.54, 1.807) is 13.8 Å². The Morgan fingerprint density at radius 1 is 1.18 bits per heavy atom. The summed E-state index contributed by atoms with van der Waals surface area (Å²) in [5, 5.41) is 6.10. The van der Waals surface area contributed by atoms with E-state index in [-0.39, 0.29) is 5.71 Å². The highest BCUT2D eigenvalue weighted by Gasteiger charge is 2.08. The highest BCUT2D eigenvalue weighted by atomic mass is 16.5. The van der Waals surface area contributed by atoms with Crippen molar-refractivity contribution >= 4 is 39.3 Å². The minimum atomic E-state index is -0.426. The Bertz CT molecular complexity index is 865. The van der Waals surface area contributed by atoms with Crippen LogP contribution in [0.3, 0.4) is 0 Å². The number of benzene rings is 2. The van der Waals surface area contributed by atoms with Crippen LogP contribution in [-0.2, 0) is 9.53 Å². The van der Waals surface area contributed by atoms with Crippen LogP contribution in [0.1, 0.15) is 13.8 Å². The Morgan fingerprint density at radius 3 is 2.77 bits per heavy atom. The van der Waals surface area contributed by atoms with Crippen molar-refractivity contribution in [2.24, 2.45) is 5.10 Å². The average Bonchev–Trinajstić information content (AvgIpc) is 2.90. The normalized spacial score (nSPS) is 11.8. The van der Waals surface area contributed by atoms with Crippen LogP contribution in [0.2, 0.25) is 0 Å². The maximum atomic E-state index is 11.5. The molecule has 0 saturated heterocycles. The van der Waals surface area contributed by atoms with Gasteiger partial charge in [-0.25, -0.2) is 4.79 Å². The van der Waals surface area contributed by atoms with Gasteiger partial charge in [0.1, 0.15) is 16.9 Å². The molecule has 0 aliphatic rings. The van der Waals surface area contributed by atoms with Crippen LogP contribution in [-0.4, -0.2) is 18.3 Å². The average molecular weight is 296 g/mol. The molecule has 0 fully saturated rings. The number of nitrogens with one attached hydrogen (secondary N) is 1. The molecule has 2 aromatic carbocycles. The van der Waals surface area contributed by atoms with Gasteiger partial charge in [-0.3, -0.25) is 5.43 Å². The molecule has 0 saturated carbocycles. The summed E-state index contributed by atoms with van der Waals surface area (Å²) in [6.07, 6.45) is 0. The summed E-state index contributed by atoms with van der Waals surface area (Å²) in [6.45, 7) is 3.70. The molecule has 22 heavy (non-hydrogen) atoms. The van der Waals surface area contributed by atoms with E-state index in [0.717, 1.165) is 27.6 Å². The molecule has 0 unspecified atom stereocenters. The fourth-order valence-corrected chi connectivity index (χ4v) is 2.23. The number of hydrogen-bond acceptors (Lipinski definition) is 5. The van der Waals surface area contributed by atoms with Crippen LogP contribution in [0.15, 0.2) is 52.0 Å². The fraction of sp³-hybridized carbons (Fsp3) is 0.176. The van der Waals surface area contributed by atoms with E-state index in [9.17, 15) is 4.79 Å². The molecule has 1 N–H and O–H groups in total. The minimum absolute atomic E-state index is 0.277. The van der Waals surface area contributed by atoms with E-state index in [1.807, 2.05) is 42.5 Å². The van der Waals surface area contributed by atoms with Crippen LogP contribution in [0, 0.1) is 0 Å². The predicted octanol–water partition coefficient (Wildman–Crippen LogP) is 3.94. The molecule has 0 aliphatic carbocycles. The number of para-hydroxylation sites is 1. The van der Waals surface area contributed by atoms with Gasteiger partial charge >= 0.3 is 5.97 Å². The molecule has 1 aromatic heterocycles. The second kappa shape index (κ2) is 5.89. The van der Waals surface area contributed by atoms with Crippen LogP contribution >= 0.6 is 0 Å². The van der Waals surface area contributed by atoms with Crippen molar-refractivity contribution in [2.75, 3.05) is 12.0 Å². The highest BCUT2D eigenvalue weighted by molar-refractivity contribution is 6.35. The molecule has 3 rings (SSSR count). The lowest BCUT2D eigenvalue weighted by Gasteiger charge is -2.03. The third-order valence-corrected chi connectivity index (χ3v) is 3.30. The summed E-state index contributed by atoms with van der Waals surface area (Å²) in [5.74, 6) is -0.426. The summed E-state index contributed by atoms with van der Waals surface area (Å²) in [4.78, 5) is 11.5. The van der Waals surface area contributed by atoms with Gasteiger partial charge in [-0.05, 0) is 38.1 Å². The number of furan rings is 1. The van der Waals surface area contributed by atoms with Gasteiger partial charge in [-0.15, -0.1) is 0 Å². The van der Waals surface area contributed by atoms with Crippen LogP contribution in [0.25, 0.3) is 21.9 Å². The molecule has 0 amide bonds. The van der Waals surface area contributed by atoms with Crippen LogP contribution in [0.5, 0.6) is 0 Å². The number of anilines is 1. The monoisotopic (exact) mass is 296 g/mol. The molecule has 3 aromatic rings. The van der Waals surface area contributed by atoms with E-state index in [0.29, 0.717) is 6.61 Å². The first-order valence-corrected chi connectivity index (χ1v) is 7.07. The summed E-state index contributed by atoms with van der Waals surface area (Å²) >= 11 is 0. The largest absolute Gasteiger partial charge is 0.461 e. The SMILES string of the molecule is CCOC(=O)C(C)=NNc1ccc2oc3ccccc3c2c1. The number of carbonyl (C=O) groups is 1. The van der Waals surface area contributed by atoms with Crippen molar-refractivity contribution in [3.05, 3.63) is 42.5 Å². The molecule has 0 spiro atoms. The van der Waals surface area contributed by atoms with Crippen LogP contribution < -0.4 is 5.43 Å². The number of fused-ring (bicyclic) bond motifs is 3. The van der Waals surface area contributed by atoms with E-state index >= 15 is 0 Å². The Balaban J connectivity index is 1.90. The van der Waals surface area contributed by atoms with Crippen molar-refractivity contribution in [1.29, 1.82) is 0 Å². The molecular formula is C17H16N2O3. The van der Waals surface area contributed by atoms with E-state index in [2.05, 4.69) is 10.5 Å². The lowest BCUT2D eigenvalue weighted by atomic mass is 10.1. The highest BCUT2D eigenvalue weighted by Crippen LogP contribution is 2.30. The third-order valence-electron chi connectivity index (χ3n) is 3.30. The van der Waals surface area contributed by atoms with Gasteiger partial charge in [-0.2, -0.15) is 5.10 Å². The molecule has 0 aliphatic heterocycles. The molecule has 1 heterocycles. The lowest BCUT2D eigenvalue weighted by Crippen LogP contribution is -2.15. The van der Waals surface area contributed by atoms with Crippen molar-refractivity contribution in [1.82, 2.24) is 0 Å². The summed E-state index contributed by atoms with van der Waals surface area (Å²) in [5.41, 5.74) is 5.60. The minimum Gasteiger partial charge on any atom is -0.461 e. The number of carbonyl (C=O) groups excluding carboxylic acids is 1. The smallest absolute Gasteiger partial charge is 0.354 e. The van der Waals surface area contributed by atoms with Gasteiger partial charge in [0.25, 0.3) is 0 Å². The zero-order valence-electron chi connectivity index (χ0n) is 12.4. The second-order valence-corrected chi connectivity index (χ2v) is 4.84. The van der Waals surface area contributed by atoms with E-state index < -0.39 is 5.97 Å². The second-order valence-electron chi connectivity index (χ2n) is 4.84. The number of esters is 1. The lowest BCUT2D eigenvalue weighted by molar-refractivity contribution is -0.135. The first-order valence-electron chi connectivity index (χ1n) is 7.07. The number of hydrogen-bond donors (Lipinski definition) is 1. The fourth-order valence-electron chi connectivity index (χ4n) is 2.23. The first-order chi connectivity index (χ1) is 10.7. The van der Waals surface area contributed by atoms with Gasteiger partial charge in [0, 0.05) is 10.8 Å². The molecule has 0 atom stereocenters. The Labute approximate surface area is 127 Å². The zero-order valence-corrected chi connectivity index (χ0v) is 12.4. The number of rotatable bonds is 4. The topological polar surface area (TPSA) is 63.8 Å². The summed E-state index contributed by atoms with van der Waals surface area (Å²) < 4.78 is 10.6. The predicted molar refractivity (Wildman–Crippen MR) is 87.1 cm³/mol. The maximum Gasteiger partial charge on any atom is 0.354 e. The van der Waals surface area contributed by atoms with Gasteiger partial charge in [0.15, 0.2) is 0 Å². The van der Waals surface area contributed by atoms with Crippen LogP contribution in [0.4, 0.5) is 5.69 Å². The van der Waals surface area contributed by atoms with Gasteiger partial charge < -0.3 is 9.15 Å². The maximum absolute atomic E-state index is 11.5. The molecular weight excluding hydrogens is 280 g/mol. The molecule has 5 heteroatoms. The molecule has 5 nitrogen and oxygen atoms in total. The van der Waals surface area contributed by atoms with Gasteiger partial charge in [-0.1, -0.05) is 18.2 Å². The summed E-state index contributed by atoms with van der Waals surface area (Å²) in [7, 11) is 0. The number of ether oxygens (including phenoxy) is 1. The van der Waals surface area contributed by atoms with E-state index in [1.165, 1.54) is 0 Å². The molecule has 0 radical (unpaired) electrons. The summed E-state index contributed by atoms with van der Waals surface area (Å²) in [6, 6.07) is 13.5. The third kappa shape index (κ3) is 2.65. The Morgan fingerprint density at radius 2 is 1.95 bits per heavy atom. The van der Waals surface area contributed by atoms with Crippen molar-refractivity contribution in [3.63, 3.8) is 0 Å². The standard InChI is InChI=1S/C17H16N2O3/c1-3-21-17(20)11(2)18-19-12-8-9-16-14(10-12)13-6-4-5-7-15(13)22-16/h4-10,19H,3H2,1-2H3. The molecule has 112 valence electrons. The van der Waals surface area contributed by atoms with Gasteiger partial charge in [0.05, 0.1) is 12.3 Å². The molecule has 0 bridgehead atoms. The van der Waals surface area contributed by atoms with E-state index in [4.69, 9.17) is 9.15 Å². The quantitative estimate of drug-likeness (QED) is 0.450. The number of hydrazone groups is 1. The zero-order chi connectivity index (χ0) is 15.5. The first kappa shape index (κ1) is 14.1. The van der Waals surface area contributed by atoms with Crippen molar-refractivity contribution in [2.45, 2.75) is 13.8 Å².